The first kappa shape index (κ1) is 20.5. The van der Waals surface area contributed by atoms with Crippen LogP contribution in [0.5, 0.6) is 0 Å². The molecule has 0 bridgehead atoms. The number of rotatable bonds is 7. The van der Waals surface area contributed by atoms with Crippen molar-refractivity contribution in [3.63, 3.8) is 0 Å². The molecule has 0 radical (unpaired) electrons. The molecule has 1 aliphatic rings. The molecule has 9 heteroatoms. The van der Waals surface area contributed by atoms with Gasteiger partial charge in [-0.3, -0.25) is 9.59 Å². The number of hydrogen-bond donors (Lipinski definition) is 2. The van der Waals surface area contributed by atoms with E-state index in [0.717, 1.165) is 34.9 Å². The molecule has 0 saturated heterocycles. The maximum Gasteiger partial charge on any atom is 0.245 e. The number of benzene rings is 2. The van der Waals surface area contributed by atoms with E-state index >= 15 is 0 Å². The third kappa shape index (κ3) is 4.68. The SMILES string of the molecule is CS(=O)(=O)C(C(=O)NCC(=O)NC1CC1)c1nc2cc(-c3ccccc3)ccc2s1. The van der Waals surface area contributed by atoms with Crippen molar-refractivity contribution in [2.75, 3.05) is 12.8 Å². The van der Waals surface area contributed by atoms with Gasteiger partial charge in [0.1, 0.15) is 5.01 Å². The van der Waals surface area contributed by atoms with Crippen molar-refractivity contribution in [1.82, 2.24) is 15.6 Å². The molecule has 30 heavy (non-hydrogen) atoms. The Balaban J connectivity index is 1.59. The summed E-state index contributed by atoms with van der Waals surface area (Å²) >= 11 is 1.17. The van der Waals surface area contributed by atoms with Crippen LogP contribution in [0.3, 0.4) is 0 Å². The molecule has 1 aliphatic carbocycles. The van der Waals surface area contributed by atoms with Crippen LogP contribution in [0.1, 0.15) is 23.1 Å². The van der Waals surface area contributed by atoms with Gasteiger partial charge >= 0.3 is 0 Å². The number of nitrogens with one attached hydrogen (secondary N) is 2. The van der Waals surface area contributed by atoms with Crippen LogP contribution >= 0.6 is 11.3 Å². The van der Waals surface area contributed by atoms with Crippen LogP contribution in [-0.2, 0) is 19.4 Å². The Bertz CT molecular complexity index is 1200. The molecule has 1 atom stereocenters. The number of nitrogens with zero attached hydrogens (tertiary/aromatic N) is 1. The quantitative estimate of drug-likeness (QED) is 0.584. The van der Waals surface area contributed by atoms with Gasteiger partial charge in [-0.25, -0.2) is 13.4 Å². The number of hydrogen-bond acceptors (Lipinski definition) is 6. The second-order valence-electron chi connectivity index (χ2n) is 7.37. The molecule has 4 rings (SSSR count). The summed E-state index contributed by atoms with van der Waals surface area (Å²) in [5.41, 5.74) is 2.61. The van der Waals surface area contributed by atoms with Gasteiger partial charge in [-0.1, -0.05) is 36.4 Å². The number of fused-ring (bicyclic) bond motifs is 1. The third-order valence-corrected chi connectivity index (χ3v) is 7.31. The highest BCUT2D eigenvalue weighted by Crippen LogP contribution is 2.33. The molecule has 7 nitrogen and oxygen atoms in total. The normalized spacial score (nSPS) is 15.0. The van der Waals surface area contributed by atoms with E-state index in [2.05, 4.69) is 15.6 Å². The number of aromatic nitrogens is 1. The summed E-state index contributed by atoms with van der Waals surface area (Å²) in [6.07, 6.45) is 2.87. The third-order valence-electron chi connectivity index (χ3n) is 4.77. The van der Waals surface area contributed by atoms with Gasteiger partial charge in [0.15, 0.2) is 15.1 Å². The maximum absolute atomic E-state index is 12.7. The Hall–Kier alpha value is -2.78. The van der Waals surface area contributed by atoms with E-state index in [4.69, 9.17) is 0 Å². The van der Waals surface area contributed by atoms with Crippen LogP contribution in [0.4, 0.5) is 0 Å². The van der Waals surface area contributed by atoms with E-state index in [-0.39, 0.29) is 23.5 Å². The molecule has 1 fully saturated rings. The zero-order valence-corrected chi connectivity index (χ0v) is 17.9. The van der Waals surface area contributed by atoms with Crippen molar-refractivity contribution in [3.8, 4) is 11.1 Å². The van der Waals surface area contributed by atoms with E-state index in [0.29, 0.717) is 5.52 Å². The van der Waals surface area contributed by atoms with Crippen LogP contribution in [0.15, 0.2) is 48.5 Å². The topological polar surface area (TPSA) is 105 Å². The number of carbonyl (C=O) groups is 2. The monoisotopic (exact) mass is 443 g/mol. The molecule has 156 valence electrons. The molecule has 2 aromatic carbocycles. The Labute approximate surface area is 178 Å². The van der Waals surface area contributed by atoms with Gasteiger partial charge in [-0.05, 0) is 36.1 Å². The van der Waals surface area contributed by atoms with Crippen molar-refractivity contribution in [3.05, 3.63) is 53.5 Å². The second-order valence-corrected chi connectivity index (χ2v) is 10.6. The molecular weight excluding hydrogens is 422 g/mol. The van der Waals surface area contributed by atoms with Crippen LogP contribution in [0.2, 0.25) is 0 Å². The molecule has 1 unspecified atom stereocenters. The van der Waals surface area contributed by atoms with Crippen LogP contribution in [0.25, 0.3) is 21.3 Å². The lowest BCUT2D eigenvalue weighted by molar-refractivity contribution is -0.126. The van der Waals surface area contributed by atoms with Crippen molar-refractivity contribution in [1.29, 1.82) is 0 Å². The summed E-state index contributed by atoms with van der Waals surface area (Å²) < 4.78 is 25.5. The van der Waals surface area contributed by atoms with Gasteiger partial charge in [-0.2, -0.15) is 0 Å². The first-order valence-electron chi connectivity index (χ1n) is 9.53. The predicted octanol–water partition coefficient (Wildman–Crippen LogP) is 2.44. The highest BCUT2D eigenvalue weighted by Gasteiger charge is 2.34. The Kier molecular flexibility index (Phi) is 5.57. The lowest BCUT2D eigenvalue weighted by Crippen LogP contribution is -2.41. The Morgan fingerprint density at radius 2 is 1.87 bits per heavy atom. The summed E-state index contributed by atoms with van der Waals surface area (Å²) in [4.78, 5) is 28.9. The number of amides is 2. The van der Waals surface area contributed by atoms with E-state index < -0.39 is 21.0 Å². The molecule has 0 spiro atoms. The van der Waals surface area contributed by atoms with E-state index in [9.17, 15) is 18.0 Å². The average Bonchev–Trinajstić information content (AvgIpc) is 3.42. The van der Waals surface area contributed by atoms with E-state index in [1.54, 1.807) is 0 Å². The largest absolute Gasteiger partial charge is 0.352 e. The molecule has 0 aliphatic heterocycles. The standard InChI is InChI=1S/C21H21N3O4S2/c1-30(27,28)19(20(26)22-12-18(25)23-15-8-9-15)21-24-16-11-14(7-10-17(16)29-21)13-5-3-2-4-6-13/h2-7,10-11,15,19H,8-9,12H2,1H3,(H,22,26)(H,23,25). The van der Waals surface area contributed by atoms with Gasteiger partial charge in [-0.15, -0.1) is 11.3 Å². The lowest BCUT2D eigenvalue weighted by atomic mass is 10.1. The van der Waals surface area contributed by atoms with Gasteiger partial charge in [0.2, 0.25) is 11.8 Å². The molecule has 1 aromatic heterocycles. The van der Waals surface area contributed by atoms with Crippen molar-refractivity contribution in [2.45, 2.75) is 24.1 Å². The van der Waals surface area contributed by atoms with Crippen LogP contribution in [-0.4, -0.2) is 44.1 Å². The fourth-order valence-corrected chi connectivity index (χ4v) is 5.61. The first-order chi connectivity index (χ1) is 14.3. The molecule has 3 aromatic rings. The summed E-state index contributed by atoms with van der Waals surface area (Å²) in [6, 6.07) is 15.6. The number of sulfone groups is 1. The van der Waals surface area contributed by atoms with Crippen molar-refractivity contribution >= 4 is 43.2 Å². The van der Waals surface area contributed by atoms with Gasteiger partial charge in [0, 0.05) is 12.3 Å². The van der Waals surface area contributed by atoms with Crippen molar-refractivity contribution in [2.24, 2.45) is 0 Å². The van der Waals surface area contributed by atoms with Gasteiger partial charge < -0.3 is 10.6 Å². The number of thiazole rings is 1. The summed E-state index contributed by atoms with van der Waals surface area (Å²) in [6.45, 7) is -0.260. The maximum atomic E-state index is 12.7. The molecular formula is C21H21N3O4S2. The highest BCUT2D eigenvalue weighted by atomic mass is 32.2. The zero-order chi connectivity index (χ0) is 21.3. The van der Waals surface area contributed by atoms with Crippen LogP contribution < -0.4 is 10.6 Å². The smallest absolute Gasteiger partial charge is 0.245 e. The summed E-state index contributed by atoms with van der Waals surface area (Å²) in [5.74, 6) is -1.07. The van der Waals surface area contributed by atoms with Gasteiger partial charge in [0.25, 0.3) is 0 Å². The molecule has 2 N–H and O–H groups in total. The van der Waals surface area contributed by atoms with E-state index in [1.807, 2.05) is 48.5 Å². The number of carbonyl (C=O) groups excluding carboxylic acids is 2. The van der Waals surface area contributed by atoms with E-state index in [1.165, 1.54) is 11.3 Å². The predicted molar refractivity (Wildman–Crippen MR) is 117 cm³/mol. The second kappa shape index (κ2) is 8.16. The molecule has 1 heterocycles. The lowest BCUT2D eigenvalue weighted by Gasteiger charge is -2.12. The fourth-order valence-electron chi connectivity index (χ4n) is 3.12. The van der Waals surface area contributed by atoms with Crippen LogP contribution in [0, 0.1) is 0 Å². The fraction of sp³-hybridized carbons (Fsp3) is 0.286. The Morgan fingerprint density at radius 1 is 1.13 bits per heavy atom. The minimum atomic E-state index is -3.78. The minimum absolute atomic E-state index is 0.170. The van der Waals surface area contributed by atoms with Gasteiger partial charge in [0.05, 0.1) is 16.8 Å². The Morgan fingerprint density at radius 3 is 2.53 bits per heavy atom. The zero-order valence-electron chi connectivity index (χ0n) is 16.3. The first-order valence-corrected chi connectivity index (χ1v) is 12.3. The molecule has 2 amide bonds. The minimum Gasteiger partial charge on any atom is -0.352 e. The highest BCUT2D eigenvalue weighted by molar-refractivity contribution is 7.91. The summed E-state index contributed by atoms with van der Waals surface area (Å²) in [7, 11) is -3.78. The van der Waals surface area contributed by atoms with Crippen molar-refractivity contribution < 1.29 is 18.0 Å². The summed E-state index contributed by atoms with van der Waals surface area (Å²) in [5, 5.41) is 3.93. The average molecular weight is 444 g/mol. The molecule has 1 saturated carbocycles.